The fourth-order valence-electron chi connectivity index (χ4n) is 4.41. The molecular weight excluding hydrogens is 435 g/mol. The molecule has 0 spiro atoms. The Labute approximate surface area is 199 Å². The number of rotatable bonds is 6. The first-order chi connectivity index (χ1) is 16.8. The zero-order valence-corrected chi connectivity index (χ0v) is 18.9. The van der Waals surface area contributed by atoms with Gasteiger partial charge in [-0.05, 0) is 22.3 Å². The first kappa shape index (κ1) is 23.1. The zero-order chi connectivity index (χ0) is 23.2. The molecule has 0 N–H and O–H groups in total. The van der Waals surface area contributed by atoms with E-state index < -0.39 is 30.8 Å². The smallest absolute Gasteiger partial charge is 0.228 e. The molecule has 178 valence electrons. The molecule has 0 aromatic heterocycles. The molecule has 1 fully saturated rings. The third-order valence-corrected chi connectivity index (χ3v) is 6.24. The number of halogens is 1. The molecule has 2 heterocycles. The fraction of sp³-hybridized carbons (Fsp3) is 0.357. The normalized spacial score (nSPS) is 27.0. The average Bonchev–Trinajstić information content (AvgIpc) is 2.88. The van der Waals surface area contributed by atoms with E-state index >= 15 is 4.39 Å². The van der Waals surface area contributed by atoms with Gasteiger partial charge in [0.2, 0.25) is 6.36 Å². The lowest BCUT2D eigenvalue weighted by molar-refractivity contribution is -0.299. The van der Waals surface area contributed by atoms with E-state index in [9.17, 15) is 0 Å². The third kappa shape index (κ3) is 5.54. The van der Waals surface area contributed by atoms with E-state index in [1.165, 1.54) is 0 Å². The molecule has 1 unspecified atom stereocenters. The molecule has 0 radical (unpaired) electrons. The predicted octanol–water partition coefficient (Wildman–Crippen LogP) is 4.97. The summed E-state index contributed by atoms with van der Waals surface area (Å²) in [6.45, 7) is 1.50. The molecular formula is C28H29FO5. The highest BCUT2D eigenvalue weighted by atomic mass is 19.1. The van der Waals surface area contributed by atoms with Crippen molar-refractivity contribution >= 4 is 0 Å². The van der Waals surface area contributed by atoms with E-state index in [0.29, 0.717) is 19.8 Å². The fourth-order valence-corrected chi connectivity index (χ4v) is 4.41. The van der Waals surface area contributed by atoms with Crippen molar-refractivity contribution in [1.82, 2.24) is 0 Å². The summed E-state index contributed by atoms with van der Waals surface area (Å²) in [4.78, 5) is 0. The van der Waals surface area contributed by atoms with Crippen LogP contribution in [0, 0.1) is 0 Å². The van der Waals surface area contributed by atoms with E-state index in [4.69, 9.17) is 23.7 Å². The van der Waals surface area contributed by atoms with Crippen LogP contribution in [0.25, 0.3) is 0 Å². The number of ether oxygens (including phenoxy) is 5. The van der Waals surface area contributed by atoms with Gasteiger partial charge in [0.25, 0.3) is 0 Å². The van der Waals surface area contributed by atoms with Gasteiger partial charge in [-0.25, -0.2) is 4.39 Å². The molecule has 2 aliphatic heterocycles. The zero-order valence-electron chi connectivity index (χ0n) is 18.9. The number of fused-ring (bicyclic) bond motifs is 3. The van der Waals surface area contributed by atoms with Gasteiger partial charge in [0.15, 0.2) is 0 Å². The number of hydrogen-bond acceptors (Lipinski definition) is 5. The van der Waals surface area contributed by atoms with Crippen LogP contribution in [0.15, 0.2) is 84.9 Å². The van der Waals surface area contributed by atoms with Crippen molar-refractivity contribution in [3.05, 3.63) is 107 Å². The number of benzene rings is 3. The highest BCUT2D eigenvalue weighted by molar-refractivity contribution is 5.26. The Morgan fingerprint density at radius 2 is 1.26 bits per heavy atom. The quantitative estimate of drug-likeness (QED) is 0.516. The van der Waals surface area contributed by atoms with E-state index in [1.807, 2.05) is 84.9 Å². The summed E-state index contributed by atoms with van der Waals surface area (Å²) >= 11 is 0. The molecule has 3 aromatic rings. The topological polar surface area (TPSA) is 46.2 Å². The van der Waals surface area contributed by atoms with E-state index in [1.54, 1.807) is 0 Å². The second-order valence-corrected chi connectivity index (χ2v) is 8.61. The van der Waals surface area contributed by atoms with E-state index in [2.05, 4.69) is 0 Å². The average molecular weight is 465 g/mol. The lowest BCUT2D eigenvalue weighted by Crippen LogP contribution is -2.60. The summed E-state index contributed by atoms with van der Waals surface area (Å²) in [5.41, 5.74) is 4.02. The molecule has 6 heteroatoms. The summed E-state index contributed by atoms with van der Waals surface area (Å²) in [6.07, 6.45) is -4.45. The first-order valence-corrected chi connectivity index (χ1v) is 11.6. The van der Waals surface area contributed by atoms with Crippen molar-refractivity contribution in [3.8, 4) is 0 Å². The van der Waals surface area contributed by atoms with Gasteiger partial charge in [0.05, 0.1) is 33.0 Å². The summed E-state index contributed by atoms with van der Waals surface area (Å²) in [5.74, 6) is 0. The maximum atomic E-state index is 15.3. The van der Waals surface area contributed by atoms with Gasteiger partial charge < -0.3 is 23.7 Å². The van der Waals surface area contributed by atoms with Crippen molar-refractivity contribution in [1.29, 1.82) is 0 Å². The van der Waals surface area contributed by atoms with E-state index in [-0.39, 0.29) is 13.2 Å². The van der Waals surface area contributed by atoms with Crippen LogP contribution in [0.5, 0.6) is 0 Å². The molecule has 0 aliphatic carbocycles. The monoisotopic (exact) mass is 464 g/mol. The van der Waals surface area contributed by atoms with Crippen LogP contribution in [0.3, 0.4) is 0 Å². The Morgan fingerprint density at radius 1 is 0.706 bits per heavy atom. The molecule has 0 saturated carbocycles. The van der Waals surface area contributed by atoms with Crippen molar-refractivity contribution < 1.29 is 28.1 Å². The first-order valence-electron chi connectivity index (χ1n) is 11.6. The minimum Gasteiger partial charge on any atom is -0.374 e. The number of alkyl halides is 1. The second-order valence-electron chi connectivity index (χ2n) is 8.61. The lowest BCUT2D eigenvalue weighted by Gasteiger charge is -2.44. The molecule has 2 bridgehead atoms. The largest absolute Gasteiger partial charge is 0.374 e. The summed E-state index contributed by atoms with van der Waals surface area (Å²) < 4.78 is 45.8. The maximum Gasteiger partial charge on any atom is 0.228 e. The van der Waals surface area contributed by atoms with E-state index in [0.717, 1.165) is 22.3 Å². The molecule has 0 amide bonds. The minimum absolute atomic E-state index is 0.194. The molecule has 5 nitrogen and oxygen atoms in total. The number of hydrogen-bond donors (Lipinski definition) is 0. The summed E-state index contributed by atoms with van der Waals surface area (Å²) in [6, 6.07) is 27.5. The SMILES string of the molecule is FC1O[C@@H]2COCc3ccccc3CO[C@@H]([C@@H]2OCc2ccccc2)[C@H]1OCc1ccccc1. The molecule has 5 rings (SSSR count). The van der Waals surface area contributed by atoms with Gasteiger partial charge >= 0.3 is 0 Å². The van der Waals surface area contributed by atoms with Gasteiger partial charge in [-0.2, -0.15) is 0 Å². The Kier molecular flexibility index (Phi) is 7.63. The third-order valence-electron chi connectivity index (χ3n) is 6.24. The summed E-state index contributed by atoms with van der Waals surface area (Å²) in [5, 5.41) is 0. The van der Waals surface area contributed by atoms with Crippen molar-refractivity contribution in [2.75, 3.05) is 6.61 Å². The minimum atomic E-state index is -1.66. The highest BCUT2D eigenvalue weighted by Crippen LogP contribution is 2.32. The van der Waals surface area contributed by atoms with Crippen LogP contribution in [0.1, 0.15) is 22.3 Å². The summed E-state index contributed by atoms with van der Waals surface area (Å²) in [7, 11) is 0. The maximum absolute atomic E-state index is 15.3. The van der Waals surface area contributed by atoms with Crippen molar-refractivity contribution in [2.45, 2.75) is 57.2 Å². The standard InChI is InChI=1S/C28H29FO5/c29-28-27(32-16-21-11-5-2-6-12-21)26-25(31-15-20-9-3-1-4-10-20)24(34-28)19-30-17-22-13-7-8-14-23(22)18-33-26/h1-14,24-28H,15-19H2/t24-,25-,26+,27-,28?/m1/s1. The Balaban J connectivity index is 1.40. The highest BCUT2D eigenvalue weighted by Gasteiger charge is 2.49. The van der Waals surface area contributed by atoms with Gasteiger partial charge in [-0.15, -0.1) is 0 Å². The Morgan fingerprint density at radius 3 is 1.91 bits per heavy atom. The van der Waals surface area contributed by atoms with Gasteiger partial charge in [0, 0.05) is 0 Å². The molecule has 5 atom stereocenters. The predicted molar refractivity (Wildman–Crippen MR) is 124 cm³/mol. The van der Waals surface area contributed by atoms with Gasteiger partial charge in [0.1, 0.15) is 24.4 Å². The van der Waals surface area contributed by atoms with Crippen LogP contribution in [0.4, 0.5) is 4.39 Å². The Hall–Kier alpha value is -2.61. The molecule has 1 saturated heterocycles. The molecule has 2 aliphatic rings. The van der Waals surface area contributed by atoms with Crippen LogP contribution in [0.2, 0.25) is 0 Å². The van der Waals surface area contributed by atoms with Crippen LogP contribution in [-0.4, -0.2) is 37.4 Å². The van der Waals surface area contributed by atoms with Crippen LogP contribution in [-0.2, 0) is 50.1 Å². The van der Waals surface area contributed by atoms with Crippen molar-refractivity contribution in [3.63, 3.8) is 0 Å². The molecule has 3 aromatic carbocycles. The van der Waals surface area contributed by atoms with Crippen LogP contribution < -0.4 is 0 Å². The molecule has 34 heavy (non-hydrogen) atoms. The van der Waals surface area contributed by atoms with Gasteiger partial charge in [-0.1, -0.05) is 84.9 Å². The second kappa shape index (κ2) is 11.2. The lowest BCUT2D eigenvalue weighted by atomic mass is 9.98. The van der Waals surface area contributed by atoms with Crippen LogP contribution >= 0.6 is 0 Å². The van der Waals surface area contributed by atoms with Gasteiger partial charge in [-0.3, -0.25) is 0 Å². The van der Waals surface area contributed by atoms with Crippen molar-refractivity contribution in [2.24, 2.45) is 0 Å². The Bertz CT molecular complexity index is 1030.